The number of hydrogen-bond donors (Lipinski definition) is 0. The van der Waals surface area contributed by atoms with Gasteiger partial charge >= 0.3 is 0 Å². The zero-order valence-corrected chi connectivity index (χ0v) is 51.7. The van der Waals surface area contributed by atoms with Crippen molar-refractivity contribution in [1.29, 1.82) is 0 Å². The van der Waals surface area contributed by atoms with E-state index in [-0.39, 0.29) is 0 Å². The molecule has 0 fully saturated rings. The van der Waals surface area contributed by atoms with Gasteiger partial charge in [0.25, 0.3) is 0 Å². The summed E-state index contributed by atoms with van der Waals surface area (Å²) in [5, 5.41) is 0. The standard InChI is InChI=1S/C79H60N4.C6H6.C2H6/c1-80(70-47-35-62(36-48-70)64-41-53-76(54-42-64)82(72-27-13-5-14-28-72)78-31-17-23-67(57-78)59-19-7-2-8-20-59)69-45-33-61(34-46-69)63-37-49-74(50-38-63)81(71-25-11-4-12-26-71)75-51-39-65(40-52-75)66-43-55-77(56-44-66)83(73-29-15-6-16-30-73)79-32-18-24-68(58-79)60-21-9-3-10-22-60;1-2-4-6-5-3-1;1-2/h2-58H,1H3;1-6H;1-2H3. The minimum absolute atomic E-state index is 1.09. The second kappa shape index (κ2) is 29.3. The first-order chi connectivity index (χ1) is 45.1. The van der Waals surface area contributed by atoms with Crippen LogP contribution in [0.2, 0.25) is 0 Å². The van der Waals surface area contributed by atoms with Gasteiger partial charge in [-0.25, -0.2) is 0 Å². The van der Waals surface area contributed by atoms with Crippen molar-refractivity contribution in [2.75, 3.05) is 26.6 Å². The van der Waals surface area contributed by atoms with Crippen LogP contribution in [0.25, 0.3) is 55.6 Å². The van der Waals surface area contributed by atoms with Crippen LogP contribution in [-0.4, -0.2) is 7.05 Å². The van der Waals surface area contributed by atoms with E-state index in [1.807, 2.05) is 50.2 Å². The van der Waals surface area contributed by atoms with E-state index in [0.717, 1.165) is 84.8 Å². The molecule has 0 atom stereocenters. The van der Waals surface area contributed by atoms with Gasteiger partial charge in [-0.15, -0.1) is 0 Å². The summed E-state index contributed by atoms with van der Waals surface area (Å²) in [5.41, 5.74) is 23.9. The lowest BCUT2D eigenvalue weighted by atomic mass is 10.0. The van der Waals surface area contributed by atoms with E-state index in [9.17, 15) is 0 Å². The quantitative estimate of drug-likeness (QED) is 0.0956. The van der Waals surface area contributed by atoms with Crippen LogP contribution in [-0.2, 0) is 0 Å². The monoisotopic (exact) mass is 1170 g/mol. The maximum absolute atomic E-state index is 2.32. The molecule has 4 heteroatoms. The lowest BCUT2D eigenvalue weighted by Gasteiger charge is -2.26. The fraction of sp³-hybridized carbons (Fsp3) is 0.0345. The van der Waals surface area contributed by atoms with E-state index in [0.29, 0.717) is 0 Å². The molecule has 0 radical (unpaired) electrons. The SMILES string of the molecule is CC.CN(c1ccc(-c2ccc(N(c3ccccc3)c3ccc(-c4ccc(N(c5ccccc5)c5cccc(-c6ccccc6)c5)cc4)cc3)cc2)cc1)c1ccc(-c2ccc(N(c3ccccc3)c3cccc(-c4ccccc4)c3)cc2)cc1.c1ccccc1. The van der Waals surface area contributed by atoms with E-state index in [4.69, 9.17) is 0 Å². The van der Waals surface area contributed by atoms with Crippen LogP contribution in [0.15, 0.2) is 382 Å². The topological polar surface area (TPSA) is 13.0 Å². The van der Waals surface area contributed by atoms with E-state index < -0.39 is 0 Å². The van der Waals surface area contributed by atoms with E-state index in [1.165, 1.54) is 33.4 Å². The first kappa shape index (κ1) is 59.6. The Labute approximate surface area is 537 Å². The average Bonchev–Trinajstić information content (AvgIpc) is 2.65. The fourth-order valence-corrected chi connectivity index (χ4v) is 11.5. The summed E-state index contributed by atoms with van der Waals surface area (Å²) in [6.07, 6.45) is 0. The molecule has 0 N–H and O–H groups in total. The summed E-state index contributed by atoms with van der Waals surface area (Å²) < 4.78 is 0. The van der Waals surface area contributed by atoms with Gasteiger partial charge in [0.15, 0.2) is 0 Å². The molecule has 0 aliphatic carbocycles. The van der Waals surface area contributed by atoms with Crippen LogP contribution in [0, 0.1) is 0 Å². The van der Waals surface area contributed by atoms with Crippen LogP contribution in [0.5, 0.6) is 0 Å². The minimum atomic E-state index is 1.09. The highest BCUT2D eigenvalue weighted by Gasteiger charge is 2.18. The van der Waals surface area contributed by atoms with Gasteiger partial charge in [-0.3, -0.25) is 0 Å². The summed E-state index contributed by atoms with van der Waals surface area (Å²) in [6, 6.07) is 136. The molecule has 0 heterocycles. The fourth-order valence-electron chi connectivity index (χ4n) is 11.5. The highest BCUT2D eigenvalue weighted by Crippen LogP contribution is 2.42. The number of benzene rings is 14. The molecule has 14 aromatic carbocycles. The third-order valence-corrected chi connectivity index (χ3v) is 16.1. The van der Waals surface area contributed by atoms with Gasteiger partial charge < -0.3 is 19.6 Å². The molecule has 0 saturated heterocycles. The van der Waals surface area contributed by atoms with Crippen molar-refractivity contribution in [2.24, 2.45) is 0 Å². The molecular weight excluding hydrogens is 1100 g/mol. The normalized spacial score (nSPS) is 10.6. The molecule has 0 amide bonds. The number of nitrogens with zero attached hydrogens (tertiary/aromatic N) is 4. The van der Waals surface area contributed by atoms with Crippen molar-refractivity contribution in [3.63, 3.8) is 0 Å². The van der Waals surface area contributed by atoms with Crippen molar-refractivity contribution >= 4 is 62.6 Å². The smallest absolute Gasteiger partial charge is 0.0467 e. The zero-order valence-electron chi connectivity index (χ0n) is 51.7. The molecule has 440 valence electrons. The maximum atomic E-state index is 2.32. The Morgan fingerprint density at radius 3 is 0.560 bits per heavy atom. The zero-order chi connectivity index (χ0) is 62.0. The van der Waals surface area contributed by atoms with Crippen LogP contribution in [0.1, 0.15) is 13.8 Å². The molecular formula is C87H72N4. The Morgan fingerprint density at radius 2 is 0.308 bits per heavy atom. The average molecular weight is 1170 g/mol. The summed E-state index contributed by atoms with van der Waals surface area (Å²) in [6.45, 7) is 4.00. The van der Waals surface area contributed by atoms with Crippen LogP contribution < -0.4 is 19.6 Å². The second-order valence-electron chi connectivity index (χ2n) is 21.8. The van der Waals surface area contributed by atoms with Crippen LogP contribution in [0.3, 0.4) is 0 Å². The molecule has 0 aromatic heterocycles. The van der Waals surface area contributed by atoms with Gasteiger partial charge in [0.05, 0.1) is 0 Å². The van der Waals surface area contributed by atoms with Gasteiger partial charge in [-0.1, -0.05) is 263 Å². The van der Waals surface area contributed by atoms with Crippen LogP contribution in [0.4, 0.5) is 62.6 Å². The maximum Gasteiger partial charge on any atom is 0.0467 e. The Hall–Kier alpha value is -11.7. The molecule has 0 aliphatic heterocycles. The highest BCUT2D eigenvalue weighted by atomic mass is 15.2. The third-order valence-electron chi connectivity index (χ3n) is 16.1. The molecule has 0 unspecified atom stereocenters. The van der Waals surface area contributed by atoms with Crippen molar-refractivity contribution in [3.05, 3.63) is 382 Å². The van der Waals surface area contributed by atoms with Crippen LogP contribution >= 0.6 is 0 Å². The molecule has 0 saturated carbocycles. The van der Waals surface area contributed by atoms with Gasteiger partial charge in [-0.2, -0.15) is 0 Å². The third kappa shape index (κ3) is 14.3. The molecule has 91 heavy (non-hydrogen) atoms. The molecule has 0 bridgehead atoms. The predicted octanol–water partition coefficient (Wildman–Crippen LogP) is 24.9. The Bertz CT molecular complexity index is 4450. The van der Waals surface area contributed by atoms with Gasteiger partial charge in [-0.05, 0) is 189 Å². The molecule has 14 aromatic rings. The van der Waals surface area contributed by atoms with Crippen molar-refractivity contribution < 1.29 is 0 Å². The minimum Gasteiger partial charge on any atom is -0.345 e. The van der Waals surface area contributed by atoms with Gasteiger partial charge in [0.2, 0.25) is 0 Å². The van der Waals surface area contributed by atoms with Gasteiger partial charge in [0, 0.05) is 69.6 Å². The van der Waals surface area contributed by atoms with E-state index >= 15 is 0 Å². The predicted molar refractivity (Wildman–Crippen MR) is 390 cm³/mol. The molecule has 14 rings (SSSR count). The molecule has 4 nitrogen and oxygen atoms in total. The van der Waals surface area contributed by atoms with Crippen molar-refractivity contribution in [3.8, 4) is 55.6 Å². The number of para-hydroxylation sites is 3. The number of hydrogen-bond acceptors (Lipinski definition) is 4. The summed E-state index contributed by atoms with van der Waals surface area (Å²) >= 11 is 0. The van der Waals surface area contributed by atoms with Gasteiger partial charge in [0.1, 0.15) is 0 Å². The van der Waals surface area contributed by atoms with E-state index in [2.05, 4.69) is 372 Å². The second-order valence-corrected chi connectivity index (χ2v) is 21.8. The Kier molecular flexibility index (Phi) is 19.2. The number of rotatable bonds is 16. The first-order valence-electron chi connectivity index (χ1n) is 31.3. The van der Waals surface area contributed by atoms with E-state index in [1.54, 1.807) is 0 Å². The largest absolute Gasteiger partial charge is 0.345 e. The lowest BCUT2D eigenvalue weighted by Crippen LogP contribution is -2.10. The van der Waals surface area contributed by atoms with Crippen molar-refractivity contribution in [2.45, 2.75) is 13.8 Å². The molecule has 0 aliphatic rings. The molecule has 0 spiro atoms. The summed E-state index contributed by atoms with van der Waals surface area (Å²) in [4.78, 5) is 9.21. The van der Waals surface area contributed by atoms with Crippen molar-refractivity contribution in [1.82, 2.24) is 0 Å². The lowest BCUT2D eigenvalue weighted by molar-refractivity contribution is 1.21. The first-order valence-corrected chi connectivity index (χ1v) is 31.3. The number of anilines is 11. The Balaban J connectivity index is 0.000000938. The highest BCUT2D eigenvalue weighted by molar-refractivity contribution is 5.85. The summed E-state index contributed by atoms with van der Waals surface area (Å²) in [5.74, 6) is 0. The Morgan fingerprint density at radius 1 is 0.143 bits per heavy atom. The summed E-state index contributed by atoms with van der Waals surface area (Å²) in [7, 11) is 2.13.